The average molecular weight is 765 g/mol. The largest absolute Gasteiger partial charge is 0.456 e. The monoisotopic (exact) mass is 764 g/mol. The summed E-state index contributed by atoms with van der Waals surface area (Å²) in [6.45, 7) is 0. The predicted molar refractivity (Wildman–Crippen MR) is 246 cm³/mol. The van der Waals surface area contributed by atoms with Crippen molar-refractivity contribution >= 4 is 70.8 Å². The summed E-state index contributed by atoms with van der Waals surface area (Å²) in [5.41, 5.74) is 12.8. The Bertz CT molecular complexity index is 3690. The molecule has 4 heterocycles. The fraction of sp³-hybridized carbons (Fsp3) is 0. The fourth-order valence-electron chi connectivity index (χ4n) is 9.58. The summed E-state index contributed by atoms with van der Waals surface area (Å²) < 4.78 is 9.04. The van der Waals surface area contributed by atoms with Crippen molar-refractivity contribution < 1.29 is 4.42 Å². The van der Waals surface area contributed by atoms with Gasteiger partial charge in [-0.25, -0.2) is 15.0 Å². The van der Waals surface area contributed by atoms with Gasteiger partial charge in [-0.1, -0.05) is 152 Å². The minimum Gasteiger partial charge on any atom is -0.456 e. The zero-order valence-electron chi connectivity index (χ0n) is 32.2. The number of benzene rings is 9. The summed E-state index contributed by atoms with van der Waals surface area (Å²) >= 11 is 0. The quantitative estimate of drug-likeness (QED) is 0.175. The van der Waals surface area contributed by atoms with Crippen LogP contribution >= 0.6 is 0 Å². The summed E-state index contributed by atoms with van der Waals surface area (Å²) in [7, 11) is 0. The lowest BCUT2D eigenvalue weighted by molar-refractivity contribution is 0.669. The lowest BCUT2D eigenvalue weighted by Gasteiger charge is -2.17. The van der Waals surface area contributed by atoms with E-state index in [4.69, 9.17) is 19.4 Å². The number of hydrogen-bond acceptors (Lipinski definition) is 4. The molecule has 5 nitrogen and oxygen atoms in total. The summed E-state index contributed by atoms with van der Waals surface area (Å²) in [5.74, 6) is 1.90. The molecule has 0 spiro atoms. The first-order valence-corrected chi connectivity index (χ1v) is 20.3. The van der Waals surface area contributed by atoms with E-state index in [1.54, 1.807) is 0 Å². The molecule has 0 fully saturated rings. The van der Waals surface area contributed by atoms with Gasteiger partial charge in [0, 0.05) is 54.6 Å². The zero-order chi connectivity index (χ0) is 39.3. The van der Waals surface area contributed by atoms with Crippen molar-refractivity contribution in [3.63, 3.8) is 0 Å². The summed E-state index contributed by atoms with van der Waals surface area (Å²) in [5, 5.41) is 9.33. The SMILES string of the molecule is c1ccc(-c2nc(-c3ccccc3)nc(-c3ccc(-c4c(-c5cc6c7ccccc7n7c8ccccc8c(c5)c67)ccc5oc6ccccc6c45)c4ccccc34)n2)cc1. The Kier molecular flexibility index (Phi) is 6.95. The number of nitrogens with zero attached hydrogens (tertiary/aromatic N) is 4. The molecule has 0 aliphatic heterocycles. The fourth-order valence-corrected chi connectivity index (χ4v) is 9.58. The van der Waals surface area contributed by atoms with Crippen molar-refractivity contribution in [3.8, 4) is 56.4 Å². The second-order valence-corrected chi connectivity index (χ2v) is 15.5. The average Bonchev–Trinajstić information content (AvgIpc) is 3.98. The van der Waals surface area contributed by atoms with Gasteiger partial charge in [0.1, 0.15) is 11.2 Å². The van der Waals surface area contributed by atoms with Gasteiger partial charge >= 0.3 is 0 Å². The van der Waals surface area contributed by atoms with Gasteiger partial charge in [0.25, 0.3) is 0 Å². The van der Waals surface area contributed by atoms with E-state index >= 15 is 0 Å². The topological polar surface area (TPSA) is 56.2 Å². The third-order valence-corrected chi connectivity index (χ3v) is 12.2. The second-order valence-electron chi connectivity index (χ2n) is 15.5. The van der Waals surface area contributed by atoms with E-state index in [1.165, 1.54) is 38.1 Å². The van der Waals surface area contributed by atoms with Crippen LogP contribution in [0.25, 0.3) is 127 Å². The van der Waals surface area contributed by atoms with Crippen molar-refractivity contribution in [2.75, 3.05) is 0 Å². The third kappa shape index (κ3) is 4.77. The normalized spacial score (nSPS) is 12.0. The molecular weight excluding hydrogens is 733 g/mol. The molecule has 0 unspecified atom stereocenters. The summed E-state index contributed by atoms with van der Waals surface area (Å²) in [6.07, 6.45) is 0. The van der Waals surface area contributed by atoms with Crippen molar-refractivity contribution in [3.05, 3.63) is 194 Å². The maximum Gasteiger partial charge on any atom is 0.164 e. The van der Waals surface area contributed by atoms with Gasteiger partial charge in [0.15, 0.2) is 17.5 Å². The van der Waals surface area contributed by atoms with Crippen LogP contribution in [0.5, 0.6) is 0 Å². The highest BCUT2D eigenvalue weighted by atomic mass is 16.3. The highest BCUT2D eigenvalue weighted by molar-refractivity contribution is 6.26. The van der Waals surface area contributed by atoms with Gasteiger partial charge < -0.3 is 8.82 Å². The van der Waals surface area contributed by atoms with Crippen LogP contribution in [0.15, 0.2) is 199 Å². The first kappa shape index (κ1) is 32.9. The Balaban J connectivity index is 1.11. The molecule has 0 aliphatic rings. The lowest BCUT2D eigenvalue weighted by atomic mass is 9.86. The van der Waals surface area contributed by atoms with E-state index < -0.39 is 0 Å². The molecule has 0 saturated carbocycles. The zero-order valence-corrected chi connectivity index (χ0v) is 32.2. The molecule has 13 rings (SSSR count). The van der Waals surface area contributed by atoms with Crippen molar-refractivity contribution in [1.29, 1.82) is 0 Å². The minimum atomic E-state index is 0.626. The molecule has 0 saturated heterocycles. The molecule has 60 heavy (non-hydrogen) atoms. The number of furan rings is 1. The van der Waals surface area contributed by atoms with Gasteiger partial charge in [-0.3, -0.25) is 0 Å². The summed E-state index contributed by atoms with van der Waals surface area (Å²) in [6, 6.07) is 68.5. The van der Waals surface area contributed by atoms with E-state index in [1.807, 2.05) is 66.7 Å². The number of aromatic nitrogens is 4. The van der Waals surface area contributed by atoms with E-state index in [2.05, 4.69) is 132 Å². The molecule has 0 N–H and O–H groups in total. The van der Waals surface area contributed by atoms with Gasteiger partial charge in [-0.2, -0.15) is 0 Å². The molecule has 0 radical (unpaired) electrons. The van der Waals surface area contributed by atoms with Crippen molar-refractivity contribution in [2.45, 2.75) is 0 Å². The number of hydrogen-bond donors (Lipinski definition) is 0. The van der Waals surface area contributed by atoms with Crippen LogP contribution in [-0.4, -0.2) is 19.4 Å². The molecule has 278 valence electrons. The van der Waals surface area contributed by atoms with E-state index in [0.29, 0.717) is 17.5 Å². The molecule has 0 atom stereocenters. The minimum absolute atomic E-state index is 0.626. The first-order chi connectivity index (χ1) is 29.8. The van der Waals surface area contributed by atoms with E-state index in [-0.39, 0.29) is 0 Å². The molecule has 13 aromatic rings. The van der Waals surface area contributed by atoms with Gasteiger partial charge in [0.2, 0.25) is 0 Å². The van der Waals surface area contributed by atoms with Crippen molar-refractivity contribution in [1.82, 2.24) is 19.4 Å². The Morgan fingerprint density at radius 3 is 1.45 bits per heavy atom. The molecule has 0 amide bonds. The number of para-hydroxylation sites is 3. The van der Waals surface area contributed by atoms with Crippen LogP contribution in [-0.2, 0) is 0 Å². The third-order valence-electron chi connectivity index (χ3n) is 12.2. The first-order valence-electron chi connectivity index (χ1n) is 20.3. The number of rotatable bonds is 5. The highest BCUT2D eigenvalue weighted by Gasteiger charge is 2.24. The maximum atomic E-state index is 6.61. The molecule has 4 aromatic heterocycles. The van der Waals surface area contributed by atoms with Gasteiger partial charge in [0.05, 0.1) is 16.6 Å². The van der Waals surface area contributed by atoms with Crippen LogP contribution in [0.1, 0.15) is 0 Å². The summed E-state index contributed by atoms with van der Waals surface area (Å²) in [4.78, 5) is 15.3. The van der Waals surface area contributed by atoms with Crippen LogP contribution < -0.4 is 0 Å². The smallest absolute Gasteiger partial charge is 0.164 e. The van der Waals surface area contributed by atoms with Gasteiger partial charge in [-0.05, 0) is 69.9 Å². The Morgan fingerprint density at radius 1 is 0.333 bits per heavy atom. The maximum absolute atomic E-state index is 6.61. The Labute approximate surface area is 343 Å². The highest BCUT2D eigenvalue weighted by Crippen LogP contribution is 2.48. The predicted octanol–water partition coefficient (Wildman–Crippen LogP) is 14.4. The van der Waals surface area contributed by atoms with Crippen LogP contribution in [0.3, 0.4) is 0 Å². The Morgan fingerprint density at radius 2 is 0.817 bits per heavy atom. The number of fused-ring (bicyclic) bond motifs is 10. The van der Waals surface area contributed by atoms with Crippen molar-refractivity contribution in [2.24, 2.45) is 0 Å². The second kappa shape index (κ2) is 12.7. The van der Waals surface area contributed by atoms with E-state index in [0.717, 1.165) is 71.7 Å². The van der Waals surface area contributed by atoms with Crippen LogP contribution in [0.4, 0.5) is 0 Å². The molecular formula is C55H32N4O. The molecule has 0 aliphatic carbocycles. The van der Waals surface area contributed by atoms with Crippen LogP contribution in [0, 0.1) is 0 Å². The van der Waals surface area contributed by atoms with Gasteiger partial charge in [-0.15, -0.1) is 0 Å². The molecule has 5 heteroatoms. The molecule has 9 aromatic carbocycles. The Hall–Kier alpha value is -8.15. The standard InChI is InChI=1S/C55H32N4O/c1-3-15-33(16-4-1)53-56-54(34-17-5-2-6-18-34)58-55(57-53)42-28-27-41(37-19-7-8-20-38(37)42)50-36(29-30-49-51(50)43-23-11-14-26-48(43)60-49)35-31-44-39-21-9-12-24-46(39)59-47-25-13-10-22-40(47)45(32-35)52(44)59/h1-32H. The molecule has 0 bridgehead atoms. The lowest BCUT2D eigenvalue weighted by Crippen LogP contribution is -2.00. The van der Waals surface area contributed by atoms with E-state index in [9.17, 15) is 0 Å². The van der Waals surface area contributed by atoms with Crippen LogP contribution in [0.2, 0.25) is 0 Å².